The molecule has 0 spiro atoms. The van der Waals surface area contributed by atoms with E-state index in [1.54, 1.807) is 0 Å². The van der Waals surface area contributed by atoms with Crippen LogP contribution >= 0.6 is 0 Å². The van der Waals surface area contributed by atoms with E-state index in [0.717, 1.165) is 36.7 Å². The van der Waals surface area contributed by atoms with Crippen molar-refractivity contribution in [2.45, 2.75) is 25.3 Å². The number of rotatable bonds is 4. The second-order valence-corrected chi connectivity index (χ2v) is 7.34. The van der Waals surface area contributed by atoms with Crippen molar-refractivity contribution in [1.29, 1.82) is 0 Å². The number of likely N-dealkylation sites (tertiary alicyclic amines) is 1. The lowest BCUT2D eigenvalue weighted by atomic mass is 9.89. The van der Waals surface area contributed by atoms with E-state index >= 15 is 0 Å². The van der Waals surface area contributed by atoms with E-state index in [2.05, 4.69) is 42.4 Å². The first-order valence-electron chi connectivity index (χ1n) is 9.44. The van der Waals surface area contributed by atoms with Gasteiger partial charge in [-0.2, -0.15) is 10.2 Å². The van der Waals surface area contributed by atoms with Crippen LogP contribution in [0.2, 0.25) is 0 Å². The van der Waals surface area contributed by atoms with Crippen LogP contribution in [0.4, 0.5) is 0 Å². The van der Waals surface area contributed by atoms with Crippen molar-refractivity contribution < 1.29 is 0 Å². The monoisotopic (exact) mass is 361 g/mol. The molecule has 1 aliphatic rings. The molecule has 0 saturated carbocycles. The summed E-state index contributed by atoms with van der Waals surface area (Å²) in [6.07, 6.45) is 10.2. The Balaban J connectivity index is 1.27. The van der Waals surface area contributed by atoms with Gasteiger partial charge in [-0.3, -0.25) is 14.7 Å². The molecule has 0 radical (unpaired) electrons. The predicted molar refractivity (Wildman–Crippen MR) is 104 cm³/mol. The van der Waals surface area contributed by atoms with Crippen LogP contribution in [-0.2, 0) is 13.6 Å². The summed E-state index contributed by atoms with van der Waals surface area (Å²) in [4.78, 5) is 10.2. The maximum Gasteiger partial charge on any atom is 0.137 e. The van der Waals surface area contributed by atoms with E-state index in [1.807, 2.05) is 42.5 Å². The number of aromatic amines is 2. The molecule has 0 aliphatic carbocycles. The van der Waals surface area contributed by atoms with Crippen LogP contribution < -0.4 is 0 Å². The van der Waals surface area contributed by atoms with Gasteiger partial charge < -0.3 is 4.98 Å². The van der Waals surface area contributed by atoms with E-state index in [0.29, 0.717) is 5.92 Å². The van der Waals surface area contributed by atoms with Gasteiger partial charge in [-0.05, 0) is 55.6 Å². The molecular weight excluding hydrogens is 338 g/mol. The van der Waals surface area contributed by atoms with Gasteiger partial charge in [0.1, 0.15) is 11.3 Å². The van der Waals surface area contributed by atoms with Crippen LogP contribution in [0.3, 0.4) is 0 Å². The summed E-state index contributed by atoms with van der Waals surface area (Å²) in [5.41, 5.74) is 5.60. The van der Waals surface area contributed by atoms with Crippen molar-refractivity contribution in [2.75, 3.05) is 13.1 Å². The lowest BCUT2D eigenvalue weighted by Gasteiger charge is -2.31. The molecule has 7 heteroatoms. The van der Waals surface area contributed by atoms with Crippen LogP contribution in [0.5, 0.6) is 0 Å². The topological polar surface area (TPSA) is 78.4 Å². The van der Waals surface area contributed by atoms with Crippen LogP contribution in [0, 0.1) is 0 Å². The summed E-state index contributed by atoms with van der Waals surface area (Å²) in [6.45, 7) is 3.08. The molecule has 0 amide bonds. The predicted octanol–water partition coefficient (Wildman–Crippen LogP) is 3.07. The fraction of sp³-hybridized carbons (Fsp3) is 0.350. The number of nitrogens with one attached hydrogen (secondary N) is 2. The molecule has 4 aromatic heterocycles. The summed E-state index contributed by atoms with van der Waals surface area (Å²) in [5.74, 6) is 0.596. The van der Waals surface area contributed by atoms with E-state index in [-0.39, 0.29) is 0 Å². The number of aromatic nitrogens is 6. The summed E-state index contributed by atoms with van der Waals surface area (Å²) < 4.78 is 1.82. The SMILES string of the molecule is Cn1ccc(-c2[nH]ncc2CN2CCC(c3c[nH]c4ncccc34)CC2)n1. The summed E-state index contributed by atoms with van der Waals surface area (Å²) in [6, 6.07) is 6.21. The summed E-state index contributed by atoms with van der Waals surface area (Å²) >= 11 is 0. The first kappa shape index (κ1) is 16.3. The largest absolute Gasteiger partial charge is 0.346 e. The van der Waals surface area contributed by atoms with Gasteiger partial charge in [0.25, 0.3) is 0 Å². The number of hydrogen-bond acceptors (Lipinski definition) is 4. The van der Waals surface area contributed by atoms with E-state index < -0.39 is 0 Å². The Morgan fingerprint density at radius 1 is 1.22 bits per heavy atom. The van der Waals surface area contributed by atoms with E-state index in [9.17, 15) is 0 Å². The first-order valence-corrected chi connectivity index (χ1v) is 9.44. The average Bonchev–Trinajstić information content (AvgIpc) is 3.42. The minimum absolute atomic E-state index is 0.596. The van der Waals surface area contributed by atoms with Gasteiger partial charge in [-0.25, -0.2) is 4.98 Å². The summed E-state index contributed by atoms with van der Waals surface area (Å²) in [5, 5.41) is 13.1. The minimum Gasteiger partial charge on any atom is -0.346 e. The Morgan fingerprint density at radius 3 is 2.93 bits per heavy atom. The molecule has 27 heavy (non-hydrogen) atoms. The van der Waals surface area contributed by atoms with Gasteiger partial charge >= 0.3 is 0 Å². The summed E-state index contributed by atoms with van der Waals surface area (Å²) in [7, 11) is 1.94. The zero-order valence-corrected chi connectivity index (χ0v) is 15.4. The van der Waals surface area contributed by atoms with Gasteiger partial charge in [-0.15, -0.1) is 0 Å². The third kappa shape index (κ3) is 3.04. The molecule has 138 valence electrons. The molecular formula is C20H23N7. The molecule has 0 aromatic carbocycles. The zero-order valence-electron chi connectivity index (χ0n) is 15.4. The normalized spacial score (nSPS) is 16.3. The molecule has 1 aliphatic heterocycles. The van der Waals surface area contributed by atoms with Crippen molar-refractivity contribution in [3.8, 4) is 11.4 Å². The van der Waals surface area contributed by atoms with Crippen LogP contribution in [0.25, 0.3) is 22.4 Å². The molecule has 0 unspecified atom stereocenters. The van der Waals surface area contributed by atoms with Crippen LogP contribution in [0.15, 0.2) is 43.0 Å². The molecule has 4 aromatic rings. The maximum atomic E-state index is 4.50. The van der Waals surface area contributed by atoms with Gasteiger partial charge in [-0.1, -0.05) is 0 Å². The van der Waals surface area contributed by atoms with Crippen molar-refractivity contribution in [1.82, 2.24) is 34.8 Å². The van der Waals surface area contributed by atoms with Crippen molar-refractivity contribution in [3.05, 3.63) is 54.1 Å². The third-order valence-corrected chi connectivity index (χ3v) is 5.59. The van der Waals surface area contributed by atoms with Crippen molar-refractivity contribution >= 4 is 11.0 Å². The Morgan fingerprint density at radius 2 is 2.11 bits per heavy atom. The number of fused-ring (bicyclic) bond motifs is 1. The van der Waals surface area contributed by atoms with Gasteiger partial charge in [0.2, 0.25) is 0 Å². The molecule has 0 bridgehead atoms. The zero-order chi connectivity index (χ0) is 18.2. The molecule has 0 atom stereocenters. The Bertz CT molecular complexity index is 1050. The second-order valence-electron chi connectivity index (χ2n) is 7.34. The molecule has 5 heterocycles. The fourth-order valence-electron chi connectivity index (χ4n) is 4.16. The molecule has 2 N–H and O–H groups in total. The lowest BCUT2D eigenvalue weighted by Crippen LogP contribution is -2.32. The van der Waals surface area contributed by atoms with Gasteiger partial charge in [0.05, 0.1) is 11.9 Å². The van der Waals surface area contributed by atoms with Gasteiger partial charge in [0.15, 0.2) is 0 Å². The highest BCUT2D eigenvalue weighted by molar-refractivity contribution is 5.80. The van der Waals surface area contributed by atoms with Crippen LogP contribution in [-0.4, -0.2) is 47.9 Å². The highest BCUT2D eigenvalue weighted by Gasteiger charge is 2.24. The quantitative estimate of drug-likeness (QED) is 0.585. The third-order valence-electron chi connectivity index (χ3n) is 5.59. The van der Waals surface area contributed by atoms with E-state index in [4.69, 9.17) is 0 Å². The van der Waals surface area contributed by atoms with Crippen molar-refractivity contribution in [2.24, 2.45) is 7.05 Å². The Hall–Kier alpha value is -2.93. The number of nitrogens with zero attached hydrogens (tertiary/aromatic N) is 5. The second kappa shape index (κ2) is 6.66. The lowest BCUT2D eigenvalue weighted by molar-refractivity contribution is 0.205. The van der Waals surface area contributed by atoms with Crippen LogP contribution in [0.1, 0.15) is 29.9 Å². The smallest absolute Gasteiger partial charge is 0.137 e. The molecule has 1 saturated heterocycles. The Labute approximate surface area is 157 Å². The number of H-pyrrole nitrogens is 2. The molecule has 1 fully saturated rings. The minimum atomic E-state index is 0.596. The van der Waals surface area contributed by atoms with Gasteiger partial charge in [0, 0.05) is 43.1 Å². The number of pyridine rings is 1. The number of aryl methyl sites for hydroxylation is 1. The standard InChI is InChI=1S/C20H23N7/c1-26-8-6-18(25-26)19-15(11-23-24-19)13-27-9-4-14(5-10-27)17-12-22-20-16(17)3-2-7-21-20/h2-3,6-8,11-12,14H,4-5,9-10,13H2,1H3,(H,21,22)(H,23,24). The average molecular weight is 361 g/mol. The van der Waals surface area contributed by atoms with E-state index in [1.165, 1.54) is 29.4 Å². The molecule has 7 nitrogen and oxygen atoms in total. The maximum absolute atomic E-state index is 4.50. The highest BCUT2D eigenvalue weighted by atomic mass is 15.3. The number of piperidine rings is 1. The number of hydrogen-bond donors (Lipinski definition) is 2. The highest BCUT2D eigenvalue weighted by Crippen LogP contribution is 2.33. The Kier molecular flexibility index (Phi) is 4.01. The molecule has 5 rings (SSSR count). The van der Waals surface area contributed by atoms with Crippen molar-refractivity contribution in [3.63, 3.8) is 0 Å². The fourth-order valence-corrected chi connectivity index (χ4v) is 4.16. The first-order chi connectivity index (χ1) is 13.3.